The van der Waals surface area contributed by atoms with E-state index in [2.05, 4.69) is 41.3 Å². The molecule has 0 amide bonds. The molecule has 0 aliphatic rings. The zero-order valence-electron chi connectivity index (χ0n) is 8.96. The Morgan fingerprint density at radius 3 is 2.36 bits per heavy atom. The van der Waals surface area contributed by atoms with Gasteiger partial charge in [0.2, 0.25) is 5.88 Å². The summed E-state index contributed by atoms with van der Waals surface area (Å²) < 4.78 is 4.90. The Kier molecular flexibility index (Phi) is 3.26. The topological polar surface area (TPSA) is 35.0 Å². The molecule has 74 valence electrons. The third kappa shape index (κ3) is 3.58. The second kappa shape index (κ2) is 4.25. The van der Waals surface area contributed by atoms with Gasteiger partial charge < -0.3 is 4.74 Å². The molecule has 0 aliphatic heterocycles. The highest BCUT2D eigenvalue weighted by atomic mass is 28.3. The monoisotopic (exact) mass is 206 g/mol. The molecule has 0 aromatic carbocycles. The number of rotatable bonds is 1. The van der Waals surface area contributed by atoms with Crippen LogP contribution in [-0.4, -0.2) is 25.4 Å². The minimum atomic E-state index is -1.32. The average molecular weight is 206 g/mol. The molecule has 0 fully saturated rings. The van der Waals surface area contributed by atoms with Gasteiger partial charge in [0, 0.05) is 6.07 Å². The van der Waals surface area contributed by atoms with Crippen molar-refractivity contribution in [1.29, 1.82) is 0 Å². The molecule has 3 nitrogen and oxygen atoms in total. The van der Waals surface area contributed by atoms with Crippen molar-refractivity contribution >= 4 is 8.07 Å². The van der Waals surface area contributed by atoms with Crippen molar-refractivity contribution in [2.45, 2.75) is 19.6 Å². The summed E-state index contributed by atoms with van der Waals surface area (Å²) in [5, 5.41) is 7.76. The Morgan fingerprint density at radius 1 is 1.21 bits per heavy atom. The maximum Gasteiger partial charge on any atom is 0.233 e. The van der Waals surface area contributed by atoms with Crippen LogP contribution in [0.3, 0.4) is 0 Å². The molecule has 0 aliphatic carbocycles. The lowest BCUT2D eigenvalue weighted by molar-refractivity contribution is 0.391. The fourth-order valence-corrected chi connectivity index (χ4v) is 1.25. The van der Waals surface area contributed by atoms with Gasteiger partial charge in [0.1, 0.15) is 13.8 Å². The summed E-state index contributed by atoms with van der Waals surface area (Å²) >= 11 is 0. The minimum Gasteiger partial charge on any atom is -0.480 e. The fourth-order valence-electron chi connectivity index (χ4n) is 0.747. The standard InChI is InChI=1S/C10H14N2OSi/c1-13-10-6-5-9(11-12-10)7-8-14(2,3)4/h5-6H,1-4H3. The predicted octanol–water partition coefficient (Wildman–Crippen LogP) is 1.71. The molecule has 1 aromatic heterocycles. The summed E-state index contributed by atoms with van der Waals surface area (Å²) in [6, 6.07) is 3.58. The Hall–Kier alpha value is -1.34. The highest BCUT2D eigenvalue weighted by molar-refractivity contribution is 6.83. The molecule has 14 heavy (non-hydrogen) atoms. The second-order valence-electron chi connectivity index (χ2n) is 3.96. The molecule has 0 saturated heterocycles. The van der Waals surface area contributed by atoms with E-state index < -0.39 is 8.07 Å². The zero-order valence-corrected chi connectivity index (χ0v) is 9.96. The Balaban J connectivity index is 2.82. The molecule has 4 heteroatoms. The molecular formula is C10H14N2OSi. The predicted molar refractivity (Wildman–Crippen MR) is 58.8 cm³/mol. The summed E-state index contributed by atoms with van der Waals surface area (Å²) in [4.78, 5) is 0. The van der Waals surface area contributed by atoms with E-state index in [0.717, 1.165) is 0 Å². The van der Waals surface area contributed by atoms with Crippen molar-refractivity contribution in [3.63, 3.8) is 0 Å². The van der Waals surface area contributed by atoms with Crippen LogP contribution < -0.4 is 4.74 Å². The molecule has 0 N–H and O–H groups in total. The molecule has 0 saturated carbocycles. The third-order valence-corrected chi connectivity index (χ3v) is 2.29. The molecule has 0 spiro atoms. The van der Waals surface area contributed by atoms with Crippen LogP contribution in [-0.2, 0) is 0 Å². The average Bonchev–Trinajstić information content (AvgIpc) is 2.14. The molecule has 1 aromatic rings. The van der Waals surface area contributed by atoms with Crippen LogP contribution in [0.5, 0.6) is 5.88 Å². The van der Waals surface area contributed by atoms with Gasteiger partial charge in [-0.25, -0.2) is 0 Å². The maximum absolute atomic E-state index is 4.90. The van der Waals surface area contributed by atoms with E-state index in [4.69, 9.17) is 4.74 Å². The van der Waals surface area contributed by atoms with Gasteiger partial charge in [-0.1, -0.05) is 25.6 Å². The van der Waals surface area contributed by atoms with E-state index in [-0.39, 0.29) is 0 Å². The molecule has 1 rings (SSSR count). The van der Waals surface area contributed by atoms with Crippen molar-refractivity contribution < 1.29 is 4.74 Å². The highest BCUT2D eigenvalue weighted by Crippen LogP contribution is 2.03. The van der Waals surface area contributed by atoms with Gasteiger partial charge in [0.05, 0.1) is 7.11 Å². The summed E-state index contributed by atoms with van der Waals surface area (Å²) in [6.07, 6.45) is 0. The zero-order chi connectivity index (χ0) is 10.6. The first-order chi connectivity index (χ1) is 6.51. The number of hydrogen-bond acceptors (Lipinski definition) is 3. The third-order valence-electron chi connectivity index (χ3n) is 1.41. The minimum absolute atomic E-state index is 0.517. The Bertz CT molecular complexity index is 356. The normalized spacial score (nSPS) is 10.3. The van der Waals surface area contributed by atoms with Crippen LogP contribution in [0, 0.1) is 11.5 Å². The molecular weight excluding hydrogens is 192 g/mol. The number of aromatic nitrogens is 2. The van der Waals surface area contributed by atoms with Crippen LogP contribution in [0.2, 0.25) is 19.6 Å². The first-order valence-corrected chi connectivity index (χ1v) is 7.92. The van der Waals surface area contributed by atoms with E-state index in [9.17, 15) is 0 Å². The summed E-state index contributed by atoms with van der Waals surface area (Å²) in [6.45, 7) is 6.57. The molecule has 1 heterocycles. The number of nitrogens with zero attached hydrogens (tertiary/aromatic N) is 2. The van der Waals surface area contributed by atoms with Gasteiger partial charge in [-0.3, -0.25) is 0 Å². The molecule has 0 unspecified atom stereocenters. The van der Waals surface area contributed by atoms with Gasteiger partial charge in [-0.15, -0.1) is 15.7 Å². The van der Waals surface area contributed by atoms with Crippen LogP contribution >= 0.6 is 0 Å². The van der Waals surface area contributed by atoms with Crippen LogP contribution in [0.25, 0.3) is 0 Å². The number of hydrogen-bond donors (Lipinski definition) is 0. The lowest BCUT2D eigenvalue weighted by Crippen LogP contribution is -2.16. The van der Waals surface area contributed by atoms with E-state index in [0.29, 0.717) is 11.6 Å². The highest BCUT2D eigenvalue weighted by Gasteiger charge is 2.07. The number of methoxy groups -OCH3 is 1. The van der Waals surface area contributed by atoms with E-state index in [1.165, 1.54) is 0 Å². The van der Waals surface area contributed by atoms with Gasteiger partial charge >= 0.3 is 0 Å². The second-order valence-corrected chi connectivity index (χ2v) is 8.71. The maximum atomic E-state index is 4.90. The fraction of sp³-hybridized carbons (Fsp3) is 0.400. The summed E-state index contributed by atoms with van der Waals surface area (Å²) in [5.41, 5.74) is 3.92. The van der Waals surface area contributed by atoms with E-state index in [1.54, 1.807) is 13.2 Å². The number of ether oxygens (including phenoxy) is 1. The SMILES string of the molecule is COc1ccc(C#C[Si](C)(C)C)nn1. The smallest absolute Gasteiger partial charge is 0.233 e. The lowest BCUT2D eigenvalue weighted by atomic mass is 10.4. The largest absolute Gasteiger partial charge is 0.480 e. The van der Waals surface area contributed by atoms with E-state index >= 15 is 0 Å². The van der Waals surface area contributed by atoms with Gasteiger partial charge in [-0.05, 0) is 6.07 Å². The van der Waals surface area contributed by atoms with Crippen molar-refractivity contribution in [2.24, 2.45) is 0 Å². The first-order valence-electron chi connectivity index (χ1n) is 4.42. The van der Waals surface area contributed by atoms with E-state index in [1.807, 2.05) is 6.07 Å². The Morgan fingerprint density at radius 2 is 1.93 bits per heavy atom. The van der Waals surface area contributed by atoms with Crippen LogP contribution in [0.15, 0.2) is 12.1 Å². The van der Waals surface area contributed by atoms with Crippen LogP contribution in [0.1, 0.15) is 5.69 Å². The Labute approximate surface area is 85.5 Å². The van der Waals surface area contributed by atoms with Crippen LogP contribution in [0.4, 0.5) is 0 Å². The lowest BCUT2D eigenvalue weighted by Gasteiger charge is -2.02. The van der Waals surface area contributed by atoms with Crippen molar-refractivity contribution in [3.8, 4) is 17.3 Å². The van der Waals surface area contributed by atoms with Crippen molar-refractivity contribution in [1.82, 2.24) is 10.2 Å². The summed E-state index contributed by atoms with van der Waals surface area (Å²) in [5.74, 6) is 3.54. The molecule has 0 atom stereocenters. The van der Waals surface area contributed by atoms with Crippen molar-refractivity contribution in [3.05, 3.63) is 17.8 Å². The first kappa shape index (κ1) is 10.7. The molecule has 0 bridgehead atoms. The van der Waals surface area contributed by atoms with Gasteiger partial charge in [0.15, 0.2) is 0 Å². The summed E-state index contributed by atoms with van der Waals surface area (Å²) in [7, 11) is 0.245. The van der Waals surface area contributed by atoms with Gasteiger partial charge in [0.25, 0.3) is 0 Å². The van der Waals surface area contributed by atoms with Gasteiger partial charge in [-0.2, -0.15) is 0 Å². The quantitative estimate of drug-likeness (QED) is 0.518. The van der Waals surface area contributed by atoms with Crippen molar-refractivity contribution in [2.75, 3.05) is 7.11 Å². The molecule has 0 radical (unpaired) electrons.